The predicted molar refractivity (Wildman–Crippen MR) is 93.5 cm³/mol. The van der Waals surface area contributed by atoms with Crippen molar-refractivity contribution in [1.82, 2.24) is 0 Å². The van der Waals surface area contributed by atoms with E-state index in [9.17, 15) is 14.4 Å². The quantitative estimate of drug-likeness (QED) is 0.817. The number of carboxylic acids is 1. The van der Waals surface area contributed by atoms with Crippen LogP contribution in [0.3, 0.4) is 0 Å². The van der Waals surface area contributed by atoms with Gasteiger partial charge in [-0.1, -0.05) is 29.8 Å². The normalized spacial score (nSPS) is 17.0. The molecule has 0 aliphatic carbocycles. The van der Waals surface area contributed by atoms with Crippen molar-refractivity contribution in [2.45, 2.75) is 25.8 Å². The average Bonchev–Trinajstić information content (AvgIpc) is 2.84. The van der Waals surface area contributed by atoms with Gasteiger partial charge in [0.15, 0.2) is 0 Å². The van der Waals surface area contributed by atoms with Gasteiger partial charge in [0.2, 0.25) is 5.91 Å². The molecule has 2 aromatic carbocycles. The van der Waals surface area contributed by atoms with E-state index in [-0.39, 0.29) is 24.7 Å². The van der Waals surface area contributed by atoms with Crippen molar-refractivity contribution in [3.63, 3.8) is 0 Å². The number of hydrogen-bond acceptors (Lipinski definition) is 4. The maximum atomic E-state index is 12.6. The number of aliphatic carboxylic acids is 1. The first-order valence-electron chi connectivity index (χ1n) is 7.95. The molecule has 2 amide bonds. The molecule has 6 heteroatoms. The molecule has 2 aromatic rings. The van der Waals surface area contributed by atoms with Crippen molar-refractivity contribution in [3.8, 4) is 0 Å². The zero-order valence-corrected chi connectivity index (χ0v) is 13.7. The number of nitrogens with zero attached hydrogens (tertiary/aromatic N) is 1. The summed E-state index contributed by atoms with van der Waals surface area (Å²) in [5.74, 6) is -1.51. The molecule has 1 saturated heterocycles. The Hall–Kier alpha value is -3.15. The van der Waals surface area contributed by atoms with Crippen LogP contribution in [-0.4, -0.2) is 28.9 Å². The summed E-state index contributed by atoms with van der Waals surface area (Å²) in [5, 5.41) is 11.9. The van der Waals surface area contributed by atoms with E-state index < -0.39 is 12.0 Å². The van der Waals surface area contributed by atoms with E-state index in [2.05, 4.69) is 5.32 Å². The molecule has 0 radical (unpaired) electrons. The lowest BCUT2D eigenvalue weighted by Crippen LogP contribution is -2.34. The van der Waals surface area contributed by atoms with Crippen molar-refractivity contribution >= 4 is 29.2 Å². The number of imide groups is 1. The summed E-state index contributed by atoms with van der Waals surface area (Å²) in [6.45, 7) is 1.98. The second kappa shape index (κ2) is 6.76. The molecule has 1 unspecified atom stereocenters. The van der Waals surface area contributed by atoms with E-state index in [1.54, 1.807) is 24.3 Å². The van der Waals surface area contributed by atoms with E-state index in [4.69, 9.17) is 5.11 Å². The molecule has 1 heterocycles. The van der Waals surface area contributed by atoms with Gasteiger partial charge < -0.3 is 10.4 Å². The van der Waals surface area contributed by atoms with E-state index in [0.29, 0.717) is 11.3 Å². The first kappa shape index (κ1) is 16.7. The first-order chi connectivity index (χ1) is 11.9. The van der Waals surface area contributed by atoms with Gasteiger partial charge in [0.1, 0.15) is 6.04 Å². The summed E-state index contributed by atoms with van der Waals surface area (Å²) in [6, 6.07) is 13.4. The Bertz CT molecular complexity index is 812. The highest BCUT2D eigenvalue weighted by Crippen LogP contribution is 2.25. The average molecular weight is 338 g/mol. The Morgan fingerprint density at radius 1 is 1.12 bits per heavy atom. The number of hydrogen-bond donors (Lipinski definition) is 2. The number of rotatable bonds is 5. The fourth-order valence-corrected chi connectivity index (χ4v) is 2.80. The smallest absolute Gasteiger partial charge is 0.307 e. The number of carbonyl (C=O) groups is 3. The lowest BCUT2D eigenvalue weighted by atomic mass is 10.1. The molecule has 25 heavy (non-hydrogen) atoms. The van der Waals surface area contributed by atoms with Crippen LogP contribution in [0.25, 0.3) is 0 Å². The largest absolute Gasteiger partial charge is 0.481 e. The second-order valence-electron chi connectivity index (χ2n) is 6.07. The molecular formula is C19H18N2O4. The molecule has 0 spiro atoms. The third-order valence-corrected chi connectivity index (χ3v) is 4.09. The monoisotopic (exact) mass is 338 g/mol. The molecule has 1 aliphatic heterocycles. The Labute approximate surface area is 145 Å². The molecular weight excluding hydrogens is 320 g/mol. The number of amides is 2. The molecule has 1 atom stereocenters. The standard InChI is InChI=1S/C19H18N2O4/c1-12-2-6-14(7-3-12)20-16-11-17(22)21(19(16)25)15-8-4-13(5-9-15)10-18(23)24/h2-9,16,20H,10-11H2,1H3,(H,23,24). The third kappa shape index (κ3) is 3.68. The highest BCUT2D eigenvalue weighted by atomic mass is 16.4. The topological polar surface area (TPSA) is 86.7 Å². The van der Waals surface area contributed by atoms with Gasteiger partial charge in [0, 0.05) is 5.69 Å². The fraction of sp³-hybridized carbons (Fsp3) is 0.211. The minimum absolute atomic E-state index is 0.0869. The van der Waals surface area contributed by atoms with E-state index >= 15 is 0 Å². The lowest BCUT2D eigenvalue weighted by molar-refractivity contribution is -0.136. The molecule has 2 N–H and O–H groups in total. The number of aryl methyl sites for hydroxylation is 1. The van der Waals surface area contributed by atoms with Gasteiger partial charge in [0.25, 0.3) is 5.91 Å². The highest BCUT2D eigenvalue weighted by Gasteiger charge is 2.39. The third-order valence-electron chi connectivity index (χ3n) is 4.09. The van der Waals surface area contributed by atoms with Crippen LogP contribution in [-0.2, 0) is 20.8 Å². The summed E-state index contributed by atoms with van der Waals surface area (Å²) in [4.78, 5) is 36.7. The fourth-order valence-electron chi connectivity index (χ4n) is 2.80. The van der Waals surface area contributed by atoms with Crippen molar-refractivity contribution < 1.29 is 19.5 Å². The molecule has 128 valence electrons. The van der Waals surface area contributed by atoms with Crippen LogP contribution < -0.4 is 10.2 Å². The van der Waals surface area contributed by atoms with E-state index in [0.717, 1.165) is 16.2 Å². The van der Waals surface area contributed by atoms with Gasteiger partial charge in [-0.2, -0.15) is 0 Å². The van der Waals surface area contributed by atoms with Gasteiger partial charge >= 0.3 is 5.97 Å². The van der Waals surface area contributed by atoms with Crippen LogP contribution in [0.15, 0.2) is 48.5 Å². The van der Waals surface area contributed by atoms with Crippen LogP contribution in [0, 0.1) is 6.92 Å². The number of carbonyl (C=O) groups excluding carboxylic acids is 2. The van der Waals surface area contributed by atoms with Crippen LogP contribution in [0.5, 0.6) is 0 Å². The van der Waals surface area contributed by atoms with Gasteiger partial charge in [-0.25, -0.2) is 4.90 Å². The maximum absolute atomic E-state index is 12.6. The summed E-state index contributed by atoms with van der Waals surface area (Å²) < 4.78 is 0. The van der Waals surface area contributed by atoms with E-state index in [1.165, 1.54) is 0 Å². The summed E-state index contributed by atoms with van der Waals surface area (Å²) in [7, 11) is 0. The SMILES string of the molecule is Cc1ccc(NC2CC(=O)N(c3ccc(CC(=O)O)cc3)C2=O)cc1. The lowest BCUT2D eigenvalue weighted by Gasteiger charge is -2.16. The molecule has 1 fully saturated rings. The zero-order chi connectivity index (χ0) is 18.0. The minimum atomic E-state index is -0.927. The van der Waals surface area contributed by atoms with Crippen molar-refractivity contribution in [3.05, 3.63) is 59.7 Å². The predicted octanol–water partition coefficient (Wildman–Crippen LogP) is 2.37. The Balaban J connectivity index is 1.74. The van der Waals surface area contributed by atoms with Gasteiger partial charge in [-0.05, 0) is 36.8 Å². The first-order valence-corrected chi connectivity index (χ1v) is 7.95. The van der Waals surface area contributed by atoms with Crippen molar-refractivity contribution in [2.75, 3.05) is 10.2 Å². The Morgan fingerprint density at radius 2 is 1.76 bits per heavy atom. The van der Waals surface area contributed by atoms with Crippen LogP contribution in [0.4, 0.5) is 11.4 Å². The summed E-state index contributed by atoms with van der Waals surface area (Å²) >= 11 is 0. The number of carboxylic acid groups (broad SMARTS) is 1. The molecule has 6 nitrogen and oxygen atoms in total. The van der Waals surface area contributed by atoms with Crippen LogP contribution in [0.2, 0.25) is 0 Å². The number of anilines is 2. The summed E-state index contributed by atoms with van der Waals surface area (Å²) in [5.41, 5.74) is 2.97. The molecule has 1 aliphatic rings. The molecule has 3 rings (SSSR count). The van der Waals surface area contributed by atoms with Crippen LogP contribution in [0.1, 0.15) is 17.5 Å². The highest BCUT2D eigenvalue weighted by molar-refractivity contribution is 6.23. The minimum Gasteiger partial charge on any atom is -0.481 e. The van der Waals surface area contributed by atoms with Crippen LogP contribution >= 0.6 is 0 Å². The zero-order valence-electron chi connectivity index (χ0n) is 13.7. The van der Waals surface area contributed by atoms with Crippen molar-refractivity contribution in [1.29, 1.82) is 0 Å². The summed E-state index contributed by atoms with van der Waals surface area (Å²) in [6.07, 6.45) is -0.0106. The van der Waals surface area contributed by atoms with Crippen molar-refractivity contribution in [2.24, 2.45) is 0 Å². The Kier molecular flexibility index (Phi) is 4.52. The number of nitrogens with one attached hydrogen (secondary N) is 1. The molecule has 0 aromatic heterocycles. The maximum Gasteiger partial charge on any atom is 0.307 e. The molecule has 0 bridgehead atoms. The second-order valence-corrected chi connectivity index (χ2v) is 6.07. The Morgan fingerprint density at radius 3 is 2.36 bits per heavy atom. The number of benzene rings is 2. The van der Waals surface area contributed by atoms with Gasteiger partial charge in [0.05, 0.1) is 18.5 Å². The van der Waals surface area contributed by atoms with Gasteiger partial charge in [-0.15, -0.1) is 0 Å². The van der Waals surface area contributed by atoms with E-state index in [1.807, 2.05) is 31.2 Å². The van der Waals surface area contributed by atoms with Gasteiger partial charge in [-0.3, -0.25) is 14.4 Å². The molecule has 0 saturated carbocycles.